The Morgan fingerprint density at radius 2 is 2.08 bits per heavy atom. The Morgan fingerprint density at radius 1 is 1.33 bits per heavy atom. The number of thiocarbonyl (C=S) groups is 1. The summed E-state index contributed by atoms with van der Waals surface area (Å²) in [6.07, 6.45) is 9.38. The van der Waals surface area contributed by atoms with Gasteiger partial charge in [0.05, 0.1) is 4.99 Å². The summed E-state index contributed by atoms with van der Waals surface area (Å²) in [4.78, 5) is 3.60. The number of hydrogen-bond acceptors (Lipinski definition) is 2. The SMILES string of the molecule is CC(=S)N(C(C)/C(C)=C/c1cc(C#CCCCO)c(-c2ccc(Cl)cc2)[p-]1)C1CC2CCC23CC13.[Na+]. The molecule has 1 aromatic carbocycles. The smallest absolute Gasteiger partial charge is 0.514 e. The van der Waals surface area contributed by atoms with Crippen molar-refractivity contribution in [3.8, 4) is 22.7 Å². The summed E-state index contributed by atoms with van der Waals surface area (Å²) in [6, 6.07) is 11.2. The van der Waals surface area contributed by atoms with Crippen LogP contribution in [0.1, 0.15) is 70.2 Å². The second kappa shape index (κ2) is 11.7. The average molecular weight is 546 g/mol. The molecular weight excluding hydrogens is 512 g/mol. The van der Waals surface area contributed by atoms with Gasteiger partial charge in [-0.05, 0) is 93.4 Å². The van der Waals surface area contributed by atoms with Crippen molar-refractivity contribution in [3.63, 3.8) is 0 Å². The molecule has 5 rings (SSSR count). The summed E-state index contributed by atoms with van der Waals surface area (Å²) in [7, 11) is 1.17. The first-order chi connectivity index (χ1) is 16.8. The zero-order valence-corrected chi connectivity index (χ0v) is 26.3. The largest absolute Gasteiger partial charge is 1.00 e. The van der Waals surface area contributed by atoms with Gasteiger partial charge in [-0.25, -0.2) is 0 Å². The zero-order valence-electron chi connectivity index (χ0n) is 21.9. The first kappa shape index (κ1) is 28.4. The minimum atomic E-state index is 0. The number of nitrogens with zero attached hydrogens (tertiary/aromatic N) is 1. The van der Waals surface area contributed by atoms with Crippen LogP contribution in [-0.4, -0.2) is 33.7 Å². The standard InChI is InChI=1S/C30H34ClNOPS.Na/c1-19(20(2)32(21(3)35)28-17-24-12-13-30(24)18-27(28)30)15-26-16-23(7-5-4-6-14-33)29(34-26)22-8-10-25(31)11-9-22;/h8-11,15-16,20,24,27-28,33H,4,6,12-14,17-18H2,1-3H3;/q-1;+1/b19-15+;. The summed E-state index contributed by atoms with van der Waals surface area (Å²) >= 11 is 11.9. The fourth-order valence-electron chi connectivity index (χ4n) is 6.59. The fourth-order valence-corrected chi connectivity index (χ4v) is 8.25. The molecule has 0 radical (unpaired) electrons. The Morgan fingerprint density at radius 3 is 2.64 bits per heavy atom. The van der Waals surface area contributed by atoms with Gasteiger partial charge in [0, 0.05) is 30.1 Å². The van der Waals surface area contributed by atoms with Crippen LogP contribution in [0, 0.1) is 29.1 Å². The van der Waals surface area contributed by atoms with Gasteiger partial charge in [0.2, 0.25) is 0 Å². The Balaban J connectivity index is 0.00000304. The zero-order chi connectivity index (χ0) is 24.7. The summed E-state index contributed by atoms with van der Waals surface area (Å²) < 4.78 is 0. The number of halogens is 1. The number of benzene rings is 1. The van der Waals surface area contributed by atoms with Gasteiger partial charge < -0.3 is 18.2 Å². The Bertz CT molecular complexity index is 1210. The van der Waals surface area contributed by atoms with E-state index in [0.29, 0.717) is 30.3 Å². The minimum Gasteiger partial charge on any atom is -0.514 e. The monoisotopic (exact) mass is 545 g/mol. The maximum atomic E-state index is 9.09. The molecule has 184 valence electrons. The van der Waals surface area contributed by atoms with E-state index in [9.17, 15) is 0 Å². The predicted octanol–water partition coefficient (Wildman–Crippen LogP) is 5.06. The van der Waals surface area contributed by atoms with Gasteiger partial charge in [-0.2, -0.15) is 10.6 Å². The maximum Gasteiger partial charge on any atom is 1.00 e. The number of aliphatic hydroxyl groups is 1. The van der Waals surface area contributed by atoms with Crippen LogP contribution in [-0.2, 0) is 0 Å². The molecule has 0 saturated heterocycles. The third kappa shape index (κ3) is 5.44. The average Bonchev–Trinajstić information content (AvgIpc) is 3.42. The van der Waals surface area contributed by atoms with Crippen LogP contribution in [0.5, 0.6) is 0 Å². The van der Waals surface area contributed by atoms with Crippen LogP contribution in [0.3, 0.4) is 0 Å². The van der Waals surface area contributed by atoms with Gasteiger partial charge in [-0.1, -0.05) is 65.5 Å². The normalized spacial score (nSPS) is 26.7. The first-order valence-electron chi connectivity index (χ1n) is 12.8. The van der Waals surface area contributed by atoms with Crippen LogP contribution in [0.25, 0.3) is 16.9 Å². The molecule has 3 aliphatic rings. The van der Waals surface area contributed by atoms with E-state index in [2.05, 4.69) is 61.8 Å². The fraction of sp³-hybridized carbons (Fsp3) is 0.500. The molecule has 3 fully saturated rings. The van der Waals surface area contributed by atoms with E-state index in [0.717, 1.165) is 33.0 Å². The molecule has 1 spiro atoms. The van der Waals surface area contributed by atoms with E-state index in [1.165, 1.54) is 50.0 Å². The van der Waals surface area contributed by atoms with Gasteiger partial charge >= 0.3 is 29.6 Å². The van der Waals surface area contributed by atoms with E-state index in [4.69, 9.17) is 28.9 Å². The third-order valence-electron chi connectivity index (χ3n) is 8.70. The Labute approximate surface area is 250 Å². The van der Waals surface area contributed by atoms with Crippen molar-refractivity contribution in [2.45, 2.75) is 71.4 Å². The topological polar surface area (TPSA) is 23.5 Å². The van der Waals surface area contributed by atoms with Crippen molar-refractivity contribution in [1.82, 2.24) is 4.90 Å². The van der Waals surface area contributed by atoms with Gasteiger partial charge in [0.25, 0.3) is 0 Å². The molecule has 2 aromatic rings. The van der Waals surface area contributed by atoms with Gasteiger partial charge in [-0.3, -0.25) is 0 Å². The van der Waals surface area contributed by atoms with Crippen molar-refractivity contribution < 1.29 is 34.7 Å². The van der Waals surface area contributed by atoms with Crippen LogP contribution < -0.4 is 29.6 Å². The van der Waals surface area contributed by atoms with E-state index >= 15 is 0 Å². The summed E-state index contributed by atoms with van der Waals surface area (Å²) in [5.74, 6) is 8.41. The van der Waals surface area contributed by atoms with Crippen molar-refractivity contribution in [3.05, 3.63) is 51.8 Å². The van der Waals surface area contributed by atoms with Crippen LogP contribution in [0.15, 0.2) is 35.9 Å². The molecule has 3 saturated carbocycles. The van der Waals surface area contributed by atoms with E-state index in [1.54, 1.807) is 0 Å². The van der Waals surface area contributed by atoms with E-state index in [-0.39, 0.29) is 36.2 Å². The summed E-state index contributed by atoms with van der Waals surface area (Å²) in [6.45, 7) is 6.87. The van der Waals surface area contributed by atoms with Crippen molar-refractivity contribution in [2.24, 2.45) is 17.3 Å². The number of rotatable bonds is 7. The second-order valence-electron chi connectivity index (χ2n) is 10.7. The Hall–Kier alpha value is -0.560. The molecular formula is C30H34ClNNaOPS. The van der Waals surface area contributed by atoms with Gasteiger partial charge in [0.15, 0.2) is 0 Å². The van der Waals surface area contributed by atoms with Gasteiger partial charge in [-0.15, -0.1) is 0 Å². The predicted molar refractivity (Wildman–Crippen MR) is 153 cm³/mol. The van der Waals surface area contributed by atoms with Crippen molar-refractivity contribution in [2.75, 3.05) is 6.61 Å². The number of hydrogen-bond donors (Lipinski definition) is 1. The molecule has 5 atom stereocenters. The molecule has 0 amide bonds. The summed E-state index contributed by atoms with van der Waals surface area (Å²) in [5.41, 5.74) is 4.27. The van der Waals surface area contributed by atoms with Gasteiger partial charge in [0.1, 0.15) is 0 Å². The van der Waals surface area contributed by atoms with E-state index < -0.39 is 0 Å². The van der Waals surface area contributed by atoms with E-state index in [1.807, 2.05) is 12.1 Å². The number of unbranched alkanes of at least 4 members (excludes halogenated alkanes) is 1. The third-order valence-corrected chi connectivity index (χ3v) is 10.4. The Kier molecular flexibility index (Phi) is 9.22. The molecule has 5 unspecified atom stereocenters. The second-order valence-corrected chi connectivity index (χ2v) is 12.9. The molecule has 1 heterocycles. The molecule has 2 nitrogen and oxygen atoms in total. The van der Waals surface area contributed by atoms with Crippen LogP contribution in [0.4, 0.5) is 0 Å². The first-order valence-corrected chi connectivity index (χ1v) is 14.5. The quantitative estimate of drug-likeness (QED) is 0.228. The molecule has 0 bridgehead atoms. The molecule has 1 aromatic heterocycles. The minimum absolute atomic E-state index is 0. The maximum absolute atomic E-state index is 9.09. The van der Waals surface area contributed by atoms with Crippen molar-refractivity contribution >= 4 is 43.1 Å². The van der Waals surface area contributed by atoms with Crippen LogP contribution in [0.2, 0.25) is 5.02 Å². The van der Waals surface area contributed by atoms with Crippen molar-refractivity contribution in [1.29, 1.82) is 0 Å². The van der Waals surface area contributed by atoms with Crippen LogP contribution >= 0.6 is 32.0 Å². The molecule has 6 heteroatoms. The molecule has 36 heavy (non-hydrogen) atoms. The summed E-state index contributed by atoms with van der Waals surface area (Å²) in [5, 5.41) is 12.3. The molecule has 0 aliphatic heterocycles. The molecule has 3 aliphatic carbocycles. The molecule has 1 N–H and O–H groups in total. The number of aliphatic hydroxyl groups excluding tert-OH is 1.